The zero-order valence-electron chi connectivity index (χ0n) is 15.8. The van der Waals surface area contributed by atoms with Crippen LogP contribution in [0.4, 0.5) is 0 Å². The van der Waals surface area contributed by atoms with E-state index in [2.05, 4.69) is 11.8 Å². The minimum Gasteiger partial charge on any atom is -0.481 e. The van der Waals surface area contributed by atoms with Crippen molar-refractivity contribution < 1.29 is 14.7 Å². The van der Waals surface area contributed by atoms with E-state index >= 15 is 0 Å². The number of aliphatic carboxylic acids is 1. The lowest BCUT2D eigenvalue weighted by atomic mass is 10.0. The highest BCUT2D eigenvalue weighted by atomic mass is 32.1. The van der Waals surface area contributed by atoms with E-state index in [0.717, 1.165) is 38.6 Å². The molecule has 1 N–H and O–H groups in total. The van der Waals surface area contributed by atoms with Gasteiger partial charge in [0.1, 0.15) is 6.04 Å². The van der Waals surface area contributed by atoms with E-state index in [9.17, 15) is 9.59 Å². The zero-order valence-corrected chi connectivity index (χ0v) is 16.7. The highest BCUT2D eigenvalue weighted by Crippen LogP contribution is 2.22. The standard InChI is InChI=1S/C19H34N2O3S/c1-3-4-5-6-9-12-15-21-16(18(24)20(2)19(21)25)13-10-7-8-11-14-17(22)23/h16H,3-15H2,1-2H3,(H,22,23). The van der Waals surface area contributed by atoms with E-state index in [1.54, 1.807) is 11.9 Å². The summed E-state index contributed by atoms with van der Waals surface area (Å²) in [6, 6.07) is -0.118. The van der Waals surface area contributed by atoms with Gasteiger partial charge in [-0.15, -0.1) is 0 Å². The molecule has 0 bridgehead atoms. The van der Waals surface area contributed by atoms with Crippen molar-refractivity contribution in [1.29, 1.82) is 0 Å². The molecule has 1 aliphatic heterocycles. The molecule has 0 aliphatic carbocycles. The summed E-state index contributed by atoms with van der Waals surface area (Å²) in [5.41, 5.74) is 0. The molecule has 1 aliphatic rings. The van der Waals surface area contributed by atoms with Crippen LogP contribution in [0.2, 0.25) is 0 Å². The molecule has 1 saturated heterocycles. The molecule has 0 aromatic heterocycles. The first-order chi connectivity index (χ1) is 12.0. The van der Waals surface area contributed by atoms with Crippen molar-refractivity contribution in [3.63, 3.8) is 0 Å². The summed E-state index contributed by atoms with van der Waals surface area (Å²) in [6.07, 6.45) is 12.0. The second-order valence-corrected chi connectivity index (χ2v) is 7.37. The van der Waals surface area contributed by atoms with E-state index in [0.29, 0.717) is 11.5 Å². The van der Waals surface area contributed by atoms with Crippen molar-refractivity contribution in [3.05, 3.63) is 0 Å². The third-order valence-corrected chi connectivity index (χ3v) is 5.40. The van der Waals surface area contributed by atoms with E-state index in [-0.39, 0.29) is 18.4 Å². The summed E-state index contributed by atoms with van der Waals surface area (Å²) in [4.78, 5) is 26.7. The van der Waals surface area contributed by atoms with Crippen molar-refractivity contribution in [2.75, 3.05) is 13.6 Å². The number of thiocarbonyl (C=S) groups is 1. The number of nitrogens with zero attached hydrogens (tertiary/aromatic N) is 2. The molecule has 0 radical (unpaired) electrons. The fourth-order valence-electron chi connectivity index (χ4n) is 3.34. The molecule has 6 heteroatoms. The topological polar surface area (TPSA) is 60.9 Å². The Labute approximate surface area is 157 Å². The molecule has 0 aromatic rings. The number of hydrogen-bond acceptors (Lipinski definition) is 3. The van der Waals surface area contributed by atoms with Crippen molar-refractivity contribution in [2.45, 2.75) is 90.0 Å². The van der Waals surface area contributed by atoms with Gasteiger partial charge in [-0.25, -0.2) is 0 Å². The van der Waals surface area contributed by atoms with Crippen molar-refractivity contribution in [1.82, 2.24) is 9.80 Å². The summed E-state index contributed by atoms with van der Waals surface area (Å²) >= 11 is 5.45. The molecule has 1 rings (SSSR count). The summed E-state index contributed by atoms with van der Waals surface area (Å²) in [5, 5.41) is 9.31. The molecule has 1 amide bonds. The van der Waals surface area contributed by atoms with Crippen molar-refractivity contribution in [3.8, 4) is 0 Å². The zero-order chi connectivity index (χ0) is 18.7. The van der Waals surface area contributed by atoms with Gasteiger partial charge in [-0.1, -0.05) is 58.3 Å². The lowest BCUT2D eigenvalue weighted by molar-refractivity contribution is -0.137. The Bertz CT molecular complexity index is 442. The first-order valence-electron chi connectivity index (χ1n) is 9.79. The second-order valence-electron chi connectivity index (χ2n) is 7.00. The van der Waals surface area contributed by atoms with Gasteiger partial charge in [0.25, 0.3) is 5.91 Å². The molecule has 25 heavy (non-hydrogen) atoms. The number of carbonyl (C=O) groups excluding carboxylic acids is 1. The molecule has 1 atom stereocenters. The molecule has 1 heterocycles. The molecule has 0 saturated carbocycles. The van der Waals surface area contributed by atoms with Crippen LogP contribution in [0.25, 0.3) is 0 Å². The molecular weight excluding hydrogens is 336 g/mol. The third-order valence-electron chi connectivity index (χ3n) is 4.90. The van der Waals surface area contributed by atoms with Gasteiger partial charge in [0, 0.05) is 20.0 Å². The summed E-state index contributed by atoms with van der Waals surface area (Å²) in [5.74, 6) is -0.621. The van der Waals surface area contributed by atoms with Crippen molar-refractivity contribution >= 4 is 29.2 Å². The smallest absolute Gasteiger partial charge is 0.303 e. The Morgan fingerprint density at radius 1 is 1.04 bits per heavy atom. The van der Waals surface area contributed by atoms with Gasteiger partial charge in [0.15, 0.2) is 5.11 Å². The maximum Gasteiger partial charge on any atom is 0.303 e. The number of carboxylic acid groups (broad SMARTS) is 1. The average molecular weight is 371 g/mol. The Balaban J connectivity index is 2.33. The monoisotopic (exact) mass is 370 g/mol. The Hall–Kier alpha value is -1.17. The first kappa shape index (κ1) is 21.9. The van der Waals surface area contributed by atoms with Gasteiger partial charge in [-0.2, -0.15) is 0 Å². The van der Waals surface area contributed by atoms with Crippen LogP contribution in [0.15, 0.2) is 0 Å². The van der Waals surface area contributed by atoms with Crippen LogP contribution in [0.1, 0.15) is 84.0 Å². The van der Waals surface area contributed by atoms with Gasteiger partial charge < -0.3 is 10.0 Å². The Morgan fingerprint density at radius 2 is 1.64 bits per heavy atom. The lowest BCUT2D eigenvalue weighted by Crippen LogP contribution is -2.35. The molecule has 1 fully saturated rings. The number of hydrogen-bond donors (Lipinski definition) is 1. The quantitative estimate of drug-likeness (QED) is 0.367. The van der Waals surface area contributed by atoms with Crippen LogP contribution < -0.4 is 0 Å². The Kier molecular flexibility index (Phi) is 10.7. The van der Waals surface area contributed by atoms with E-state index in [1.165, 1.54) is 32.1 Å². The van der Waals surface area contributed by atoms with E-state index in [1.807, 2.05) is 0 Å². The summed E-state index contributed by atoms with van der Waals surface area (Å²) < 4.78 is 0. The fraction of sp³-hybridized carbons (Fsp3) is 0.842. The fourth-order valence-corrected chi connectivity index (χ4v) is 3.65. The van der Waals surface area contributed by atoms with Crippen LogP contribution in [-0.4, -0.2) is 51.5 Å². The summed E-state index contributed by atoms with van der Waals surface area (Å²) in [6.45, 7) is 3.08. The number of carbonyl (C=O) groups is 2. The highest BCUT2D eigenvalue weighted by Gasteiger charge is 2.39. The van der Waals surface area contributed by atoms with Crippen LogP contribution in [0, 0.1) is 0 Å². The highest BCUT2D eigenvalue weighted by molar-refractivity contribution is 7.80. The SMILES string of the molecule is CCCCCCCCN1C(=S)N(C)C(=O)C1CCCCCCC(=O)O. The number of carboxylic acids is 1. The molecule has 0 aromatic carbocycles. The van der Waals surface area contributed by atoms with Crippen LogP contribution in [0.3, 0.4) is 0 Å². The molecule has 144 valence electrons. The normalized spacial score (nSPS) is 17.6. The van der Waals surface area contributed by atoms with Crippen LogP contribution >= 0.6 is 12.2 Å². The van der Waals surface area contributed by atoms with E-state index in [4.69, 9.17) is 17.3 Å². The second kappa shape index (κ2) is 12.2. The summed E-state index contributed by atoms with van der Waals surface area (Å²) in [7, 11) is 1.77. The van der Waals surface area contributed by atoms with Gasteiger partial charge in [0.2, 0.25) is 0 Å². The van der Waals surface area contributed by atoms with Gasteiger partial charge in [-0.05, 0) is 31.5 Å². The first-order valence-corrected chi connectivity index (χ1v) is 10.2. The lowest BCUT2D eigenvalue weighted by Gasteiger charge is -2.23. The third kappa shape index (κ3) is 7.72. The molecule has 1 unspecified atom stereocenters. The predicted molar refractivity (Wildman–Crippen MR) is 105 cm³/mol. The van der Waals surface area contributed by atoms with Gasteiger partial charge >= 0.3 is 5.97 Å². The predicted octanol–water partition coefficient (Wildman–Crippen LogP) is 4.20. The van der Waals surface area contributed by atoms with Crippen LogP contribution in [0.5, 0.6) is 0 Å². The van der Waals surface area contributed by atoms with Gasteiger partial charge in [0.05, 0.1) is 0 Å². The molecular formula is C19H34N2O3S. The maximum atomic E-state index is 12.4. The molecule has 5 nitrogen and oxygen atoms in total. The number of amides is 1. The average Bonchev–Trinajstić information content (AvgIpc) is 2.78. The van der Waals surface area contributed by atoms with Gasteiger partial charge in [-0.3, -0.25) is 14.5 Å². The minimum atomic E-state index is -0.733. The van der Waals surface area contributed by atoms with Crippen molar-refractivity contribution in [2.24, 2.45) is 0 Å². The number of unbranched alkanes of at least 4 members (excludes halogenated alkanes) is 8. The Morgan fingerprint density at radius 3 is 2.32 bits per heavy atom. The largest absolute Gasteiger partial charge is 0.481 e. The van der Waals surface area contributed by atoms with Crippen LogP contribution in [-0.2, 0) is 9.59 Å². The minimum absolute atomic E-state index is 0.113. The maximum absolute atomic E-state index is 12.4. The number of rotatable bonds is 14. The molecule has 0 spiro atoms. The number of likely N-dealkylation sites (N-methyl/N-ethyl adjacent to an activating group) is 1. The van der Waals surface area contributed by atoms with E-state index < -0.39 is 5.97 Å².